The fraction of sp³-hybridized carbons (Fsp3) is 0.722. The SMILES string of the molecule is Cc1[nH]nc(C(=O)N[C@@H]2CN3CCCC[C@@]3(C(=O)N3CCOCC3)C2)c1Cl. The molecule has 0 radical (unpaired) electrons. The number of piperidine rings is 1. The Balaban J connectivity index is 1.50. The highest BCUT2D eigenvalue weighted by Crippen LogP contribution is 2.39. The van der Waals surface area contributed by atoms with Crippen molar-refractivity contribution in [2.24, 2.45) is 0 Å². The maximum atomic E-state index is 13.4. The van der Waals surface area contributed by atoms with Crippen LogP contribution in [0.4, 0.5) is 0 Å². The van der Waals surface area contributed by atoms with Gasteiger partial charge in [-0.1, -0.05) is 11.6 Å². The van der Waals surface area contributed by atoms with Gasteiger partial charge in [-0.25, -0.2) is 0 Å². The predicted octanol–water partition coefficient (Wildman–Crippen LogP) is 0.957. The molecule has 3 aliphatic rings. The summed E-state index contributed by atoms with van der Waals surface area (Å²) < 4.78 is 5.40. The summed E-state index contributed by atoms with van der Waals surface area (Å²) in [6, 6.07) is -0.0892. The van der Waals surface area contributed by atoms with E-state index in [0.29, 0.717) is 50.0 Å². The second kappa shape index (κ2) is 7.41. The Labute approximate surface area is 163 Å². The van der Waals surface area contributed by atoms with E-state index >= 15 is 0 Å². The third-order valence-electron chi connectivity index (χ3n) is 6.02. The van der Waals surface area contributed by atoms with Gasteiger partial charge < -0.3 is 15.0 Å². The van der Waals surface area contributed by atoms with Crippen molar-refractivity contribution in [2.75, 3.05) is 39.4 Å². The average Bonchev–Trinajstić information content (AvgIpc) is 3.22. The number of amides is 2. The highest BCUT2D eigenvalue weighted by atomic mass is 35.5. The lowest BCUT2D eigenvalue weighted by atomic mass is 9.84. The number of aromatic amines is 1. The Bertz CT molecular complexity index is 733. The van der Waals surface area contributed by atoms with E-state index in [-0.39, 0.29) is 23.6 Å². The topological polar surface area (TPSA) is 90.6 Å². The van der Waals surface area contributed by atoms with E-state index in [1.807, 2.05) is 4.90 Å². The third kappa shape index (κ3) is 3.34. The number of ether oxygens (including phenoxy) is 1. The van der Waals surface area contributed by atoms with Gasteiger partial charge in [0, 0.05) is 25.7 Å². The van der Waals surface area contributed by atoms with Crippen LogP contribution in [0.2, 0.25) is 5.02 Å². The summed E-state index contributed by atoms with van der Waals surface area (Å²) in [6.07, 6.45) is 3.61. The first-order chi connectivity index (χ1) is 13.0. The van der Waals surface area contributed by atoms with Gasteiger partial charge in [-0.2, -0.15) is 5.10 Å². The molecule has 9 heteroatoms. The van der Waals surface area contributed by atoms with E-state index in [0.717, 1.165) is 25.8 Å². The van der Waals surface area contributed by atoms with Crippen molar-refractivity contribution in [3.8, 4) is 0 Å². The summed E-state index contributed by atoms with van der Waals surface area (Å²) in [5, 5.41) is 10.1. The second-order valence-electron chi connectivity index (χ2n) is 7.72. The van der Waals surface area contributed by atoms with Crippen molar-refractivity contribution in [3.05, 3.63) is 16.4 Å². The normalized spacial score (nSPS) is 28.8. The van der Waals surface area contributed by atoms with Gasteiger partial charge in [-0.15, -0.1) is 0 Å². The standard InChI is InChI=1S/C18H26ClN5O3/c1-12-14(19)15(22-21-12)16(25)20-13-10-18(4-2-3-5-24(18)11-13)17(26)23-6-8-27-9-7-23/h13H,2-11H2,1H3,(H,20,25)(H,21,22)/t13-,18-/m0/s1. The quantitative estimate of drug-likeness (QED) is 0.795. The van der Waals surface area contributed by atoms with Crippen LogP contribution < -0.4 is 5.32 Å². The Hall–Kier alpha value is -1.64. The fourth-order valence-electron chi connectivity index (χ4n) is 4.63. The predicted molar refractivity (Wildman–Crippen MR) is 99.8 cm³/mol. The zero-order valence-corrected chi connectivity index (χ0v) is 16.3. The first-order valence-electron chi connectivity index (χ1n) is 9.65. The molecule has 3 saturated heterocycles. The maximum Gasteiger partial charge on any atom is 0.273 e. The molecule has 2 N–H and O–H groups in total. The van der Waals surface area contributed by atoms with E-state index in [4.69, 9.17) is 16.3 Å². The molecule has 4 rings (SSSR count). The van der Waals surface area contributed by atoms with Gasteiger partial charge in [0.25, 0.3) is 5.91 Å². The van der Waals surface area contributed by atoms with E-state index in [9.17, 15) is 9.59 Å². The minimum atomic E-state index is -0.501. The Morgan fingerprint density at radius 2 is 2.07 bits per heavy atom. The number of hydrogen-bond donors (Lipinski definition) is 2. The maximum absolute atomic E-state index is 13.4. The molecule has 0 aliphatic carbocycles. The monoisotopic (exact) mass is 395 g/mol. The van der Waals surface area contributed by atoms with Gasteiger partial charge >= 0.3 is 0 Å². The number of aryl methyl sites for hydroxylation is 1. The van der Waals surface area contributed by atoms with Gasteiger partial charge in [0.2, 0.25) is 5.91 Å². The number of nitrogens with zero attached hydrogens (tertiary/aromatic N) is 3. The number of carbonyl (C=O) groups excluding carboxylic acids is 2. The molecule has 0 bridgehead atoms. The van der Waals surface area contributed by atoms with Crippen molar-refractivity contribution in [1.29, 1.82) is 0 Å². The molecule has 0 saturated carbocycles. The third-order valence-corrected chi connectivity index (χ3v) is 6.48. The van der Waals surface area contributed by atoms with Crippen LogP contribution in [-0.2, 0) is 9.53 Å². The van der Waals surface area contributed by atoms with Crippen LogP contribution in [-0.4, -0.2) is 82.8 Å². The highest BCUT2D eigenvalue weighted by molar-refractivity contribution is 6.34. The number of carbonyl (C=O) groups is 2. The summed E-state index contributed by atoms with van der Waals surface area (Å²) in [5.41, 5.74) is 0.385. The average molecular weight is 396 g/mol. The molecular weight excluding hydrogens is 370 g/mol. The molecule has 0 unspecified atom stereocenters. The molecule has 1 aromatic heterocycles. The molecule has 0 aromatic carbocycles. The van der Waals surface area contributed by atoms with E-state index in [1.165, 1.54) is 0 Å². The summed E-state index contributed by atoms with van der Waals surface area (Å²) in [5.74, 6) is -0.0981. The minimum Gasteiger partial charge on any atom is -0.378 e. The fourth-order valence-corrected chi connectivity index (χ4v) is 4.80. The number of morpholine rings is 1. The molecule has 8 nitrogen and oxygen atoms in total. The molecule has 1 aromatic rings. The summed E-state index contributed by atoms with van der Waals surface area (Å²) >= 11 is 6.15. The second-order valence-corrected chi connectivity index (χ2v) is 8.10. The highest BCUT2D eigenvalue weighted by Gasteiger charge is 2.53. The molecule has 148 valence electrons. The van der Waals surface area contributed by atoms with Crippen LogP contribution in [0.1, 0.15) is 41.9 Å². The van der Waals surface area contributed by atoms with Crippen LogP contribution in [0.5, 0.6) is 0 Å². The molecule has 27 heavy (non-hydrogen) atoms. The van der Waals surface area contributed by atoms with Crippen molar-refractivity contribution < 1.29 is 14.3 Å². The lowest BCUT2D eigenvalue weighted by Crippen LogP contribution is -2.60. The van der Waals surface area contributed by atoms with Gasteiger partial charge in [0.15, 0.2) is 5.69 Å². The van der Waals surface area contributed by atoms with Crippen molar-refractivity contribution >= 4 is 23.4 Å². The molecule has 3 aliphatic heterocycles. The lowest BCUT2D eigenvalue weighted by molar-refractivity contribution is -0.149. The number of halogens is 1. The molecule has 2 amide bonds. The number of rotatable bonds is 3. The van der Waals surface area contributed by atoms with Gasteiger partial charge in [-0.05, 0) is 39.2 Å². The van der Waals surface area contributed by atoms with Gasteiger partial charge in [0.05, 0.1) is 23.9 Å². The largest absolute Gasteiger partial charge is 0.378 e. The Kier molecular flexibility index (Phi) is 5.13. The first kappa shape index (κ1) is 18.7. The zero-order chi connectivity index (χ0) is 19.0. The van der Waals surface area contributed by atoms with Crippen LogP contribution >= 0.6 is 11.6 Å². The number of nitrogens with one attached hydrogen (secondary N) is 2. The molecule has 4 heterocycles. The van der Waals surface area contributed by atoms with Crippen molar-refractivity contribution in [3.63, 3.8) is 0 Å². The van der Waals surface area contributed by atoms with Crippen molar-refractivity contribution in [1.82, 2.24) is 25.3 Å². The minimum absolute atomic E-state index is 0.0892. The number of H-pyrrole nitrogens is 1. The Morgan fingerprint density at radius 3 is 2.78 bits per heavy atom. The van der Waals surface area contributed by atoms with Crippen LogP contribution in [0.15, 0.2) is 0 Å². The van der Waals surface area contributed by atoms with E-state index in [2.05, 4.69) is 20.4 Å². The molecule has 0 spiro atoms. The van der Waals surface area contributed by atoms with Crippen molar-refractivity contribution in [2.45, 2.75) is 44.2 Å². The van der Waals surface area contributed by atoms with E-state index in [1.54, 1.807) is 6.92 Å². The number of hydrogen-bond acceptors (Lipinski definition) is 5. The van der Waals surface area contributed by atoms with Crippen LogP contribution in [0.25, 0.3) is 0 Å². The summed E-state index contributed by atoms with van der Waals surface area (Å²) in [4.78, 5) is 30.2. The summed E-state index contributed by atoms with van der Waals surface area (Å²) in [6.45, 7) is 5.84. The lowest BCUT2D eigenvalue weighted by Gasteiger charge is -2.44. The number of aromatic nitrogens is 2. The molecule has 2 atom stereocenters. The molecule has 3 fully saturated rings. The van der Waals surface area contributed by atoms with Gasteiger partial charge in [-0.3, -0.25) is 19.6 Å². The van der Waals surface area contributed by atoms with Gasteiger partial charge in [0.1, 0.15) is 5.54 Å². The number of fused-ring (bicyclic) bond motifs is 1. The smallest absolute Gasteiger partial charge is 0.273 e. The Morgan fingerprint density at radius 1 is 1.30 bits per heavy atom. The first-order valence-corrected chi connectivity index (χ1v) is 10.0. The van der Waals surface area contributed by atoms with E-state index < -0.39 is 5.54 Å². The molecular formula is C18H26ClN5O3. The zero-order valence-electron chi connectivity index (χ0n) is 15.6. The summed E-state index contributed by atoms with van der Waals surface area (Å²) in [7, 11) is 0. The van der Waals surface area contributed by atoms with Crippen LogP contribution in [0.3, 0.4) is 0 Å². The van der Waals surface area contributed by atoms with Crippen LogP contribution in [0, 0.1) is 6.92 Å².